The summed E-state index contributed by atoms with van der Waals surface area (Å²) < 4.78 is 5.01. The van der Waals surface area contributed by atoms with E-state index in [0.29, 0.717) is 11.1 Å². The average molecular weight is 286 g/mol. The van der Waals surface area contributed by atoms with Crippen molar-refractivity contribution in [3.63, 3.8) is 0 Å². The Morgan fingerprint density at radius 2 is 1.71 bits per heavy atom. The molecule has 2 aromatic carbocycles. The number of phenols is 3. The van der Waals surface area contributed by atoms with Crippen molar-refractivity contribution in [3.05, 3.63) is 53.6 Å². The molecule has 2 aromatic rings. The normalized spacial score (nSPS) is 10.7. The van der Waals surface area contributed by atoms with Gasteiger partial charge in [-0.2, -0.15) is 0 Å². The maximum Gasteiger partial charge on any atom is 0.201 e. The number of methoxy groups -OCH3 is 1. The van der Waals surface area contributed by atoms with Crippen LogP contribution in [0.5, 0.6) is 23.0 Å². The highest BCUT2D eigenvalue weighted by atomic mass is 16.5. The van der Waals surface area contributed by atoms with Crippen LogP contribution in [0.4, 0.5) is 0 Å². The van der Waals surface area contributed by atoms with E-state index in [9.17, 15) is 20.1 Å². The van der Waals surface area contributed by atoms with E-state index < -0.39 is 0 Å². The number of allylic oxidation sites excluding steroid dienone is 1. The molecule has 0 radical (unpaired) electrons. The van der Waals surface area contributed by atoms with Gasteiger partial charge in [0, 0.05) is 11.1 Å². The number of phenolic OH excluding ortho intramolecular Hbond substituents is 3. The molecule has 108 valence electrons. The molecule has 0 aliphatic rings. The minimum Gasteiger partial charge on any atom is -0.508 e. The van der Waals surface area contributed by atoms with Crippen LogP contribution in [0.1, 0.15) is 15.9 Å². The lowest BCUT2D eigenvalue weighted by molar-refractivity contribution is 0.104. The van der Waals surface area contributed by atoms with Crippen LogP contribution in [-0.4, -0.2) is 28.2 Å². The summed E-state index contributed by atoms with van der Waals surface area (Å²) in [6, 6.07) is 8.69. The van der Waals surface area contributed by atoms with Crippen molar-refractivity contribution >= 4 is 11.9 Å². The van der Waals surface area contributed by atoms with E-state index in [-0.39, 0.29) is 28.8 Å². The van der Waals surface area contributed by atoms with Crippen LogP contribution in [0, 0.1) is 0 Å². The van der Waals surface area contributed by atoms with Gasteiger partial charge in [0.25, 0.3) is 0 Å². The summed E-state index contributed by atoms with van der Waals surface area (Å²) in [4.78, 5) is 12.0. The lowest BCUT2D eigenvalue weighted by Gasteiger charge is -2.08. The lowest BCUT2D eigenvalue weighted by atomic mass is 10.1. The van der Waals surface area contributed by atoms with Crippen molar-refractivity contribution < 1.29 is 24.9 Å². The third-order valence-corrected chi connectivity index (χ3v) is 2.91. The summed E-state index contributed by atoms with van der Waals surface area (Å²) in [5.41, 5.74) is 0.881. The van der Waals surface area contributed by atoms with Gasteiger partial charge < -0.3 is 20.1 Å². The summed E-state index contributed by atoms with van der Waals surface area (Å²) in [7, 11) is 1.35. The van der Waals surface area contributed by atoms with E-state index in [1.54, 1.807) is 0 Å². The van der Waals surface area contributed by atoms with Crippen LogP contribution >= 0.6 is 0 Å². The fourth-order valence-corrected chi connectivity index (χ4v) is 1.81. The molecule has 0 aliphatic carbocycles. The quantitative estimate of drug-likeness (QED) is 0.457. The second-order valence-electron chi connectivity index (χ2n) is 4.30. The number of hydrogen-bond acceptors (Lipinski definition) is 5. The minimum atomic E-state index is -0.378. The van der Waals surface area contributed by atoms with Gasteiger partial charge in [-0.1, -0.05) is 0 Å². The fraction of sp³-hybridized carbons (Fsp3) is 0.0625. The topological polar surface area (TPSA) is 87.0 Å². The van der Waals surface area contributed by atoms with Gasteiger partial charge in [0.2, 0.25) is 5.75 Å². The molecule has 0 atom stereocenters. The van der Waals surface area contributed by atoms with E-state index in [2.05, 4.69) is 0 Å². The Morgan fingerprint density at radius 1 is 1.05 bits per heavy atom. The molecular weight excluding hydrogens is 272 g/mol. The predicted octanol–water partition coefficient (Wildman–Crippen LogP) is 2.71. The molecule has 0 amide bonds. The Bertz CT molecular complexity index is 687. The Hall–Kier alpha value is -2.95. The van der Waals surface area contributed by atoms with Crippen molar-refractivity contribution in [2.45, 2.75) is 0 Å². The number of benzene rings is 2. The maximum absolute atomic E-state index is 12.0. The zero-order valence-corrected chi connectivity index (χ0v) is 11.3. The summed E-state index contributed by atoms with van der Waals surface area (Å²) in [5.74, 6) is -0.763. The first-order valence-corrected chi connectivity index (χ1v) is 6.13. The van der Waals surface area contributed by atoms with Gasteiger partial charge in [0.05, 0.1) is 7.11 Å². The standard InChI is InChI=1S/C16H14O5/c1-21-16-11(5-9-14(19)15(16)20)4-8-13(18)10-2-6-12(17)7-3-10/h2-9,17,19-20H,1H3. The molecule has 5 nitrogen and oxygen atoms in total. The van der Waals surface area contributed by atoms with Gasteiger partial charge in [0.1, 0.15) is 5.75 Å². The number of aromatic hydroxyl groups is 3. The second kappa shape index (κ2) is 6.00. The van der Waals surface area contributed by atoms with Crippen molar-refractivity contribution in [1.82, 2.24) is 0 Å². The molecule has 0 saturated carbocycles. The summed E-state index contributed by atoms with van der Waals surface area (Å²) in [5, 5.41) is 28.2. The fourth-order valence-electron chi connectivity index (χ4n) is 1.81. The number of ether oxygens (including phenoxy) is 1. The van der Waals surface area contributed by atoms with Crippen LogP contribution in [0.15, 0.2) is 42.5 Å². The second-order valence-corrected chi connectivity index (χ2v) is 4.30. The molecule has 3 N–H and O–H groups in total. The van der Waals surface area contributed by atoms with Gasteiger partial charge in [-0.05, 0) is 48.6 Å². The van der Waals surface area contributed by atoms with E-state index in [1.165, 1.54) is 55.7 Å². The first-order valence-electron chi connectivity index (χ1n) is 6.13. The van der Waals surface area contributed by atoms with Crippen LogP contribution < -0.4 is 4.74 Å². The van der Waals surface area contributed by atoms with Crippen LogP contribution in [0.2, 0.25) is 0 Å². The average Bonchev–Trinajstić information content (AvgIpc) is 2.49. The van der Waals surface area contributed by atoms with Gasteiger partial charge in [-0.15, -0.1) is 0 Å². The van der Waals surface area contributed by atoms with Crippen LogP contribution in [0.3, 0.4) is 0 Å². The van der Waals surface area contributed by atoms with Gasteiger partial charge in [-0.3, -0.25) is 4.79 Å². The Kier molecular flexibility index (Phi) is 4.13. The highest BCUT2D eigenvalue weighted by Gasteiger charge is 2.11. The molecule has 2 rings (SSSR count). The molecule has 0 heterocycles. The van der Waals surface area contributed by atoms with E-state index >= 15 is 0 Å². The molecule has 0 bridgehead atoms. The SMILES string of the molecule is COc1c(C=CC(=O)c2ccc(O)cc2)ccc(O)c1O. The van der Waals surface area contributed by atoms with Crippen LogP contribution in [0.25, 0.3) is 6.08 Å². The molecule has 21 heavy (non-hydrogen) atoms. The lowest BCUT2D eigenvalue weighted by Crippen LogP contribution is -1.94. The third-order valence-electron chi connectivity index (χ3n) is 2.91. The largest absolute Gasteiger partial charge is 0.508 e. The zero-order valence-electron chi connectivity index (χ0n) is 11.3. The van der Waals surface area contributed by atoms with Gasteiger partial charge in [-0.25, -0.2) is 0 Å². The highest BCUT2D eigenvalue weighted by Crippen LogP contribution is 2.38. The zero-order chi connectivity index (χ0) is 15.4. The summed E-state index contributed by atoms with van der Waals surface area (Å²) in [6.07, 6.45) is 2.80. The third kappa shape index (κ3) is 3.14. The smallest absolute Gasteiger partial charge is 0.201 e. The van der Waals surface area contributed by atoms with Gasteiger partial charge >= 0.3 is 0 Å². The van der Waals surface area contributed by atoms with Gasteiger partial charge in [0.15, 0.2) is 17.3 Å². The molecule has 0 spiro atoms. The molecule has 0 aromatic heterocycles. The molecule has 5 heteroatoms. The Balaban J connectivity index is 2.27. The van der Waals surface area contributed by atoms with Crippen molar-refractivity contribution in [2.75, 3.05) is 7.11 Å². The molecule has 0 aliphatic heterocycles. The molecule has 0 unspecified atom stereocenters. The summed E-state index contributed by atoms with van der Waals surface area (Å²) in [6.45, 7) is 0. The molecular formula is C16H14O5. The molecule has 0 fully saturated rings. The first kappa shape index (κ1) is 14.5. The number of ketones is 1. The van der Waals surface area contributed by atoms with Crippen molar-refractivity contribution in [3.8, 4) is 23.0 Å². The summed E-state index contributed by atoms with van der Waals surface area (Å²) >= 11 is 0. The van der Waals surface area contributed by atoms with E-state index in [4.69, 9.17) is 4.74 Å². The minimum absolute atomic E-state index is 0.0839. The Morgan fingerprint density at radius 3 is 2.33 bits per heavy atom. The highest BCUT2D eigenvalue weighted by molar-refractivity contribution is 6.07. The van der Waals surface area contributed by atoms with E-state index in [0.717, 1.165) is 0 Å². The number of carbonyl (C=O) groups is 1. The number of hydrogen-bond donors (Lipinski definition) is 3. The maximum atomic E-state index is 12.0. The predicted molar refractivity (Wildman–Crippen MR) is 77.8 cm³/mol. The number of rotatable bonds is 4. The van der Waals surface area contributed by atoms with Crippen LogP contribution in [-0.2, 0) is 0 Å². The Labute approximate surface area is 121 Å². The van der Waals surface area contributed by atoms with Crippen molar-refractivity contribution in [2.24, 2.45) is 0 Å². The monoisotopic (exact) mass is 286 g/mol. The molecule has 0 saturated heterocycles. The number of carbonyl (C=O) groups excluding carboxylic acids is 1. The first-order chi connectivity index (χ1) is 10.0. The van der Waals surface area contributed by atoms with Crippen molar-refractivity contribution in [1.29, 1.82) is 0 Å². The van der Waals surface area contributed by atoms with E-state index in [1.807, 2.05) is 0 Å².